The molecule has 1 aliphatic heterocycles. The third-order valence-electron chi connectivity index (χ3n) is 4.16. The fraction of sp³-hybridized carbons (Fsp3) is 0.444. The topological polar surface area (TPSA) is 71.9 Å². The summed E-state index contributed by atoms with van der Waals surface area (Å²) in [6.07, 6.45) is 2.47. The number of carbonyl (C=O) groups is 1. The molecule has 0 unspecified atom stereocenters. The minimum Gasteiger partial charge on any atom is -0.493 e. The lowest BCUT2D eigenvalue weighted by Gasteiger charge is -2.16. The van der Waals surface area contributed by atoms with Gasteiger partial charge < -0.3 is 14.6 Å². The molecule has 134 valence electrons. The first-order valence-electron chi connectivity index (χ1n) is 8.35. The molecule has 1 saturated heterocycles. The molecule has 0 aliphatic carbocycles. The summed E-state index contributed by atoms with van der Waals surface area (Å²) in [6, 6.07) is 5.68. The molecule has 0 amide bonds. The van der Waals surface area contributed by atoms with Gasteiger partial charge in [-0.1, -0.05) is 0 Å². The molecule has 0 radical (unpaired) electrons. The molecule has 1 fully saturated rings. The van der Waals surface area contributed by atoms with Crippen LogP contribution in [0.25, 0.3) is 10.6 Å². The Morgan fingerprint density at radius 3 is 2.84 bits per heavy atom. The van der Waals surface area contributed by atoms with Gasteiger partial charge in [0.2, 0.25) is 0 Å². The number of thiazole rings is 1. The third-order valence-corrected chi connectivity index (χ3v) is 5.10. The first-order chi connectivity index (χ1) is 12.2. The van der Waals surface area contributed by atoms with Gasteiger partial charge >= 0.3 is 5.97 Å². The number of rotatable bonds is 8. The predicted octanol–water partition coefficient (Wildman–Crippen LogP) is 2.92. The van der Waals surface area contributed by atoms with Crippen LogP contribution in [0.2, 0.25) is 0 Å². The molecule has 0 spiro atoms. The van der Waals surface area contributed by atoms with Crippen LogP contribution in [-0.4, -0.2) is 54.3 Å². The van der Waals surface area contributed by atoms with Crippen molar-refractivity contribution in [1.82, 2.24) is 9.88 Å². The summed E-state index contributed by atoms with van der Waals surface area (Å²) in [4.78, 5) is 17.6. The Balaban J connectivity index is 1.70. The second-order valence-corrected chi connectivity index (χ2v) is 6.84. The Kier molecular flexibility index (Phi) is 5.88. The van der Waals surface area contributed by atoms with Crippen LogP contribution in [0.3, 0.4) is 0 Å². The van der Waals surface area contributed by atoms with Crippen molar-refractivity contribution in [3.8, 4) is 22.1 Å². The van der Waals surface area contributed by atoms with Gasteiger partial charge in [-0.15, -0.1) is 11.3 Å². The normalized spacial score (nSPS) is 14.6. The molecule has 0 atom stereocenters. The van der Waals surface area contributed by atoms with Crippen molar-refractivity contribution >= 4 is 17.3 Å². The van der Waals surface area contributed by atoms with Crippen LogP contribution in [0.5, 0.6) is 11.5 Å². The largest absolute Gasteiger partial charge is 0.493 e. The molecular weight excluding hydrogens is 340 g/mol. The number of hydrogen-bond acceptors (Lipinski definition) is 6. The van der Waals surface area contributed by atoms with E-state index in [0.29, 0.717) is 23.8 Å². The van der Waals surface area contributed by atoms with Crippen LogP contribution >= 0.6 is 11.3 Å². The Hall–Kier alpha value is -2.12. The van der Waals surface area contributed by atoms with Crippen molar-refractivity contribution in [1.29, 1.82) is 0 Å². The van der Waals surface area contributed by atoms with E-state index in [4.69, 9.17) is 14.6 Å². The smallest absolute Gasteiger partial charge is 0.309 e. The Morgan fingerprint density at radius 2 is 2.12 bits per heavy atom. The number of benzene rings is 1. The van der Waals surface area contributed by atoms with Crippen LogP contribution < -0.4 is 9.47 Å². The quantitative estimate of drug-likeness (QED) is 0.778. The number of nitrogens with zero attached hydrogens (tertiary/aromatic N) is 2. The summed E-state index contributed by atoms with van der Waals surface area (Å²) in [5.74, 6) is 0.499. The summed E-state index contributed by atoms with van der Waals surface area (Å²) in [5.41, 5.74) is 1.47. The van der Waals surface area contributed by atoms with Crippen molar-refractivity contribution < 1.29 is 19.4 Å². The molecule has 2 heterocycles. The van der Waals surface area contributed by atoms with Gasteiger partial charge in [0.15, 0.2) is 11.5 Å². The number of aromatic nitrogens is 1. The molecule has 6 nitrogen and oxygen atoms in total. The lowest BCUT2D eigenvalue weighted by Crippen LogP contribution is -2.25. The Morgan fingerprint density at radius 1 is 1.32 bits per heavy atom. The minimum absolute atomic E-state index is 0.0636. The molecule has 0 bridgehead atoms. The number of carboxylic acid groups (broad SMARTS) is 1. The predicted molar refractivity (Wildman–Crippen MR) is 96.6 cm³/mol. The van der Waals surface area contributed by atoms with Gasteiger partial charge in [0.25, 0.3) is 0 Å². The second-order valence-electron chi connectivity index (χ2n) is 5.98. The number of aliphatic carboxylic acids is 1. The van der Waals surface area contributed by atoms with E-state index >= 15 is 0 Å². The third kappa shape index (κ3) is 4.70. The average molecular weight is 362 g/mol. The molecular formula is C18H22N2O4S. The van der Waals surface area contributed by atoms with Gasteiger partial charge in [-0.3, -0.25) is 9.69 Å². The van der Waals surface area contributed by atoms with E-state index in [1.807, 2.05) is 18.2 Å². The molecule has 1 N–H and O–H groups in total. The van der Waals surface area contributed by atoms with Crippen molar-refractivity contribution in [2.24, 2.45) is 0 Å². The molecule has 3 rings (SSSR count). The number of ether oxygens (including phenoxy) is 2. The van der Waals surface area contributed by atoms with Crippen LogP contribution in [-0.2, 0) is 11.2 Å². The monoisotopic (exact) mass is 362 g/mol. The summed E-state index contributed by atoms with van der Waals surface area (Å²) < 4.78 is 11.3. The van der Waals surface area contributed by atoms with Gasteiger partial charge in [0.1, 0.15) is 11.6 Å². The van der Waals surface area contributed by atoms with Gasteiger partial charge in [0, 0.05) is 17.5 Å². The fourth-order valence-electron chi connectivity index (χ4n) is 2.89. The van der Waals surface area contributed by atoms with Crippen LogP contribution in [0.15, 0.2) is 23.6 Å². The van der Waals surface area contributed by atoms with E-state index in [2.05, 4.69) is 9.88 Å². The summed E-state index contributed by atoms with van der Waals surface area (Å²) in [6.45, 7) is 3.81. The zero-order chi connectivity index (χ0) is 17.6. The zero-order valence-electron chi connectivity index (χ0n) is 14.2. The zero-order valence-corrected chi connectivity index (χ0v) is 15.1. The van der Waals surface area contributed by atoms with Gasteiger partial charge in [-0.25, -0.2) is 4.98 Å². The molecule has 1 aromatic carbocycles. The highest BCUT2D eigenvalue weighted by molar-refractivity contribution is 7.13. The molecule has 0 saturated carbocycles. The standard InChI is InChI=1S/C18H22N2O4S/c1-23-15-5-4-13(18-19-14(12-25-18)11-17(21)22)10-16(15)24-9-8-20-6-2-3-7-20/h4-5,10,12H,2-3,6-9,11H2,1H3,(H,21,22). The molecule has 25 heavy (non-hydrogen) atoms. The van der Waals surface area contributed by atoms with Crippen molar-refractivity contribution in [2.75, 3.05) is 33.4 Å². The fourth-order valence-corrected chi connectivity index (χ4v) is 3.71. The summed E-state index contributed by atoms with van der Waals surface area (Å²) >= 11 is 1.43. The van der Waals surface area contributed by atoms with E-state index in [1.54, 1.807) is 12.5 Å². The minimum atomic E-state index is -0.877. The van der Waals surface area contributed by atoms with E-state index < -0.39 is 5.97 Å². The first-order valence-corrected chi connectivity index (χ1v) is 9.23. The first kappa shape index (κ1) is 17.7. The maximum atomic E-state index is 10.8. The summed E-state index contributed by atoms with van der Waals surface area (Å²) in [5, 5.41) is 11.4. The average Bonchev–Trinajstić information content (AvgIpc) is 3.26. The van der Waals surface area contributed by atoms with Crippen LogP contribution in [0.1, 0.15) is 18.5 Å². The van der Waals surface area contributed by atoms with E-state index in [9.17, 15) is 4.79 Å². The summed E-state index contributed by atoms with van der Waals surface area (Å²) in [7, 11) is 1.62. The lowest BCUT2D eigenvalue weighted by molar-refractivity contribution is -0.136. The second kappa shape index (κ2) is 8.31. The molecule has 2 aromatic rings. The number of hydrogen-bond donors (Lipinski definition) is 1. The Labute approximate surface area is 151 Å². The van der Waals surface area contributed by atoms with Crippen molar-refractivity contribution in [2.45, 2.75) is 19.3 Å². The molecule has 1 aromatic heterocycles. The molecule has 7 heteroatoms. The van der Waals surface area contributed by atoms with E-state index in [1.165, 1.54) is 24.2 Å². The van der Waals surface area contributed by atoms with Gasteiger partial charge in [0.05, 0.1) is 19.2 Å². The lowest BCUT2D eigenvalue weighted by atomic mass is 10.2. The number of carboxylic acids is 1. The molecule has 1 aliphatic rings. The van der Waals surface area contributed by atoms with Crippen LogP contribution in [0, 0.1) is 0 Å². The Bertz CT molecular complexity index is 726. The van der Waals surface area contributed by atoms with Crippen molar-refractivity contribution in [3.63, 3.8) is 0 Å². The number of likely N-dealkylation sites (tertiary alicyclic amines) is 1. The maximum absolute atomic E-state index is 10.8. The SMILES string of the molecule is COc1ccc(-c2nc(CC(=O)O)cs2)cc1OCCN1CCCC1. The van der Waals surface area contributed by atoms with E-state index in [-0.39, 0.29) is 6.42 Å². The highest BCUT2D eigenvalue weighted by atomic mass is 32.1. The van der Waals surface area contributed by atoms with E-state index in [0.717, 1.165) is 30.2 Å². The van der Waals surface area contributed by atoms with Gasteiger partial charge in [-0.05, 0) is 44.1 Å². The van der Waals surface area contributed by atoms with Gasteiger partial charge in [-0.2, -0.15) is 0 Å². The highest BCUT2D eigenvalue weighted by Crippen LogP contribution is 2.34. The van der Waals surface area contributed by atoms with Crippen LogP contribution in [0.4, 0.5) is 0 Å². The maximum Gasteiger partial charge on any atom is 0.309 e. The van der Waals surface area contributed by atoms with Crippen molar-refractivity contribution in [3.05, 3.63) is 29.3 Å². The highest BCUT2D eigenvalue weighted by Gasteiger charge is 2.14. The number of methoxy groups -OCH3 is 1.